The molecular formula is C23H29N7O4. The van der Waals surface area contributed by atoms with Gasteiger partial charge < -0.3 is 14.7 Å². The summed E-state index contributed by atoms with van der Waals surface area (Å²) in [5.41, 5.74) is 2.61. The minimum absolute atomic E-state index is 0.0680. The molecule has 4 heterocycles. The van der Waals surface area contributed by atoms with Crippen molar-refractivity contribution in [3.63, 3.8) is 0 Å². The number of cyclic esters (lactones) is 1. The number of esters is 1. The summed E-state index contributed by atoms with van der Waals surface area (Å²) in [7, 11) is 0. The molecule has 0 atom stereocenters. The van der Waals surface area contributed by atoms with Crippen LogP contribution in [0.4, 0.5) is 0 Å². The molecule has 180 valence electrons. The van der Waals surface area contributed by atoms with Crippen LogP contribution in [0, 0.1) is 5.41 Å². The van der Waals surface area contributed by atoms with Gasteiger partial charge in [0.25, 0.3) is 0 Å². The highest BCUT2D eigenvalue weighted by Gasteiger charge is 2.50. The number of tetrazole rings is 1. The molecule has 2 aliphatic heterocycles. The maximum atomic E-state index is 13.4. The molecule has 0 unspecified atom stereocenters. The van der Waals surface area contributed by atoms with Crippen molar-refractivity contribution in [2.24, 2.45) is 5.41 Å². The van der Waals surface area contributed by atoms with Gasteiger partial charge in [0, 0.05) is 25.7 Å². The largest absolute Gasteiger partial charge is 0.456 e. The Morgan fingerprint density at radius 1 is 1.24 bits per heavy atom. The first-order chi connectivity index (χ1) is 16.5. The van der Waals surface area contributed by atoms with Gasteiger partial charge in [0.15, 0.2) is 0 Å². The van der Waals surface area contributed by atoms with Gasteiger partial charge in [-0.3, -0.25) is 14.7 Å². The highest BCUT2D eigenvalue weighted by molar-refractivity contribution is 5.94. The number of likely N-dealkylation sites (tertiary alicyclic amines) is 1. The molecule has 5 rings (SSSR count). The monoisotopic (exact) mass is 467 g/mol. The van der Waals surface area contributed by atoms with Crippen molar-refractivity contribution in [3.05, 3.63) is 41.6 Å². The third kappa shape index (κ3) is 4.09. The summed E-state index contributed by atoms with van der Waals surface area (Å²) in [6, 6.07) is 4.15. The average molecular weight is 468 g/mol. The Hall–Kier alpha value is -3.18. The van der Waals surface area contributed by atoms with E-state index in [0.29, 0.717) is 25.2 Å². The van der Waals surface area contributed by atoms with Crippen LogP contribution in [-0.2, 0) is 20.9 Å². The first-order valence-corrected chi connectivity index (χ1v) is 11.7. The van der Waals surface area contributed by atoms with E-state index >= 15 is 0 Å². The third-order valence-electron chi connectivity index (χ3n) is 7.52. The van der Waals surface area contributed by atoms with Crippen LogP contribution in [-0.4, -0.2) is 84.3 Å². The third-order valence-corrected chi connectivity index (χ3v) is 7.52. The normalized spacial score (nSPS) is 25.1. The van der Waals surface area contributed by atoms with Crippen molar-refractivity contribution in [1.82, 2.24) is 35.0 Å². The van der Waals surface area contributed by atoms with Crippen LogP contribution in [0.5, 0.6) is 0 Å². The molecule has 1 saturated carbocycles. The zero-order valence-corrected chi connectivity index (χ0v) is 19.3. The number of rotatable bonds is 7. The van der Waals surface area contributed by atoms with Crippen molar-refractivity contribution in [1.29, 1.82) is 0 Å². The molecule has 1 amide bonds. The minimum Gasteiger partial charge on any atom is -0.456 e. The summed E-state index contributed by atoms with van der Waals surface area (Å²) in [6.45, 7) is 3.82. The summed E-state index contributed by atoms with van der Waals surface area (Å²) < 4.78 is 6.67. The van der Waals surface area contributed by atoms with Gasteiger partial charge in [-0.15, -0.1) is 5.10 Å². The number of aliphatic hydroxyl groups excluding tert-OH is 1. The Kier molecular flexibility index (Phi) is 6.13. The Labute approximate surface area is 197 Å². The van der Waals surface area contributed by atoms with E-state index < -0.39 is 0 Å². The van der Waals surface area contributed by atoms with E-state index in [2.05, 4.69) is 25.4 Å². The number of pyridine rings is 1. The van der Waals surface area contributed by atoms with Crippen LogP contribution in [0.1, 0.15) is 44.7 Å². The second-order valence-electron chi connectivity index (χ2n) is 9.32. The minimum atomic E-state index is -0.355. The zero-order valence-electron chi connectivity index (χ0n) is 19.3. The van der Waals surface area contributed by atoms with Gasteiger partial charge in [0.2, 0.25) is 5.91 Å². The Balaban J connectivity index is 1.23. The SMILES string of the molecule is CC1=C(N2CCC3(CCC(N(CCO)Cc4ccc(-n5cnnn5)cn4)CC3)C2=O)COC1=O. The highest BCUT2D eigenvalue weighted by atomic mass is 16.5. The lowest BCUT2D eigenvalue weighted by atomic mass is 9.71. The van der Waals surface area contributed by atoms with E-state index in [1.165, 1.54) is 6.33 Å². The number of nitrogens with zero attached hydrogens (tertiary/aromatic N) is 7. The average Bonchev–Trinajstić information content (AvgIpc) is 3.57. The number of ether oxygens (including phenoxy) is 1. The van der Waals surface area contributed by atoms with Crippen LogP contribution in [0.15, 0.2) is 35.9 Å². The molecule has 3 aliphatic rings. The van der Waals surface area contributed by atoms with Crippen molar-refractivity contribution >= 4 is 11.9 Å². The molecule has 1 N–H and O–H groups in total. The molecular weight excluding hydrogens is 438 g/mol. The highest BCUT2D eigenvalue weighted by Crippen LogP contribution is 2.47. The van der Waals surface area contributed by atoms with Gasteiger partial charge in [-0.1, -0.05) is 0 Å². The lowest BCUT2D eigenvalue weighted by Gasteiger charge is -2.40. The quantitative estimate of drug-likeness (QED) is 0.590. The summed E-state index contributed by atoms with van der Waals surface area (Å²) in [5.74, 6) is -0.195. The molecule has 0 aromatic carbocycles. The Morgan fingerprint density at radius 2 is 2.06 bits per heavy atom. The number of carbonyl (C=O) groups is 2. The predicted octanol–water partition coefficient (Wildman–Crippen LogP) is 0.844. The van der Waals surface area contributed by atoms with E-state index in [9.17, 15) is 14.7 Å². The van der Waals surface area contributed by atoms with E-state index in [4.69, 9.17) is 4.74 Å². The summed E-state index contributed by atoms with van der Waals surface area (Å²) >= 11 is 0. The van der Waals surface area contributed by atoms with Crippen molar-refractivity contribution in [2.75, 3.05) is 26.3 Å². The van der Waals surface area contributed by atoms with Crippen molar-refractivity contribution in [2.45, 2.75) is 51.6 Å². The molecule has 2 aromatic heterocycles. The van der Waals surface area contributed by atoms with Crippen LogP contribution in [0.25, 0.3) is 5.69 Å². The molecule has 0 bridgehead atoms. The standard InChI is InChI=1S/C23H29N7O4/c1-16-20(14-34-21(16)32)29-9-8-23(22(29)33)6-4-18(5-7-23)28(10-11-31)13-17-2-3-19(12-24-17)30-15-25-26-27-30/h2-3,12,15,18,31H,4-11,13-14H2,1H3. The van der Waals surface area contributed by atoms with Crippen LogP contribution < -0.4 is 0 Å². The van der Waals surface area contributed by atoms with Crippen LogP contribution in [0.2, 0.25) is 0 Å². The second kappa shape index (κ2) is 9.22. The number of carbonyl (C=O) groups excluding carboxylic acids is 2. The van der Waals surface area contributed by atoms with Gasteiger partial charge in [-0.05, 0) is 61.6 Å². The number of hydrogen-bond acceptors (Lipinski definition) is 9. The number of aromatic nitrogens is 5. The summed E-state index contributed by atoms with van der Waals surface area (Å²) in [4.78, 5) is 33.8. The fraction of sp³-hybridized carbons (Fsp3) is 0.565. The van der Waals surface area contributed by atoms with E-state index in [1.807, 2.05) is 12.1 Å². The maximum absolute atomic E-state index is 13.4. The van der Waals surface area contributed by atoms with E-state index in [-0.39, 0.29) is 36.5 Å². The van der Waals surface area contributed by atoms with Gasteiger partial charge in [0.05, 0.1) is 40.9 Å². The Morgan fingerprint density at radius 3 is 2.68 bits per heavy atom. The first-order valence-electron chi connectivity index (χ1n) is 11.7. The topological polar surface area (TPSA) is 127 Å². The van der Waals surface area contributed by atoms with E-state index in [0.717, 1.165) is 49.2 Å². The lowest BCUT2D eigenvalue weighted by molar-refractivity contribution is -0.138. The molecule has 0 radical (unpaired) electrons. The second-order valence-corrected chi connectivity index (χ2v) is 9.32. The number of hydrogen-bond donors (Lipinski definition) is 1. The Bertz CT molecular complexity index is 1080. The van der Waals surface area contributed by atoms with Gasteiger partial charge in [-0.2, -0.15) is 4.68 Å². The molecule has 11 heteroatoms. The molecule has 2 aromatic rings. The molecule has 2 fully saturated rings. The number of aliphatic hydroxyl groups is 1. The molecule has 34 heavy (non-hydrogen) atoms. The lowest BCUT2D eigenvalue weighted by Crippen LogP contribution is -2.44. The van der Waals surface area contributed by atoms with Gasteiger partial charge in [0.1, 0.15) is 12.9 Å². The predicted molar refractivity (Wildman–Crippen MR) is 119 cm³/mol. The number of amides is 1. The van der Waals surface area contributed by atoms with Crippen molar-refractivity contribution in [3.8, 4) is 5.69 Å². The maximum Gasteiger partial charge on any atom is 0.336 e. The van der Waals surface area contributed by atoms with Crippen LogP contribution >= 0.6 is 0 Å². The van der Waals surface area contributed by atoms with Crippen molar-refractivity contribution < 1.29 is 19.4 Å². The smallest absolute Gasteiger partial charge is 0.336 e. The fourth-order valence-electron chi connectivity index (χ4n) is 5.46. The summed E-state index contributed by atoms with van der Waals surface area (Å²) in [6.07, 6.45) is 7.45. The first kappa shape index (κ1) is 22.6. The van der Waals surface area contributed by atoms with Gasteiger partial charge in [-0.25, -0.2) is 4.79 Å². The molecule has 11 nitrogen and oxygen atoms in total. The fourth-order valence-corrected chi connectivity index (χ4v) is 5.46. The molecule has 1 saturated heterocycles. The van der Waals surface area contributed by atoms with E-state index in [1.54, 1.807) is 22.7 Å². The van der Waals surface area contributed by atoms with Crippen LogP contribution in [0.3, 0.4) is 0 Å². The molecule has 1 spiro atoms. The summed E-state index contributed by atoms with van der Waals surface area (Å²) in [5, 5.41) is 20.8. The molecule has 1 aliphatic carbocycles. The van der Waals surface area contributed by atoms with Gasteiger partial charge >= 0.3 is 5.97 Å². The zero-order chi connectivity index (χ0) is 23.7.